The summed E-state index contributed by atoms with van der Waals surface area (Å²) in [7, 11) is 1.28. The lowest BCUT2D eigenvalue weighted by Crippen LogP contribution is -2.46. The van der Waals surface area contributed by atoms with Crippen LogP contribution in [-0.2, 0) is 18.4 Å². The number of phosphoric ester groups is 1. The molecule has 8 nitrogen and oxygen atoms in total. The van der Waals surface area contributed by atoms with Crippen molar-refractivity contribution in [2.24, 2.45) is 0 Å². The maximum absolute atomic E-state index is 13.0. The predicted octanol–water partition coefficient (Wildman–Crippen LogP) is 17.3. The summed E-state index contributed by atoms with van der Waals surface area (Å²) in [6.07, 6.45) is 76.9. The summed E-state index contributed by atoms with van der Waals surface area (Å²) >= 11 is 0. The van der Waals surface area contributed by atoms with Crippen molar-refractivity contribution in [1.82, 2.24) is 5.32 Å². The van der Waals surface area contributed by atoms with Crippen molar-refractivity contribution in [3.05, 3.63) is 109 Å². The molecule has 0 aromatic rings. The molecule has 3 unspecified atom stereocenters. The zero-order valence-electron chi connectivity index (χ0n) is 47.1. The van der Waals surface area contributed by atoms with Crippen LogP contribution in [0.1, 0.15) is 232 Å². The predicted molar refractivity (Wildman–Crippen MR) is 311 cm³/mol. The molecule has 0 aliphatic rings. The normalized spacial score (nSPS) is 14.7. The van der Waals surface area contributed by atoms with Crippen LogP contribution in [-0.4, -0.2) is 68.5 Å². The number of unbranched alkanes of at least 4 members (excludes halogenated alkanes) is 21. The van der Waals surface area contributed by atoms with E-state index in [1.165, 1.54) is 89.9 Å². The van der Waals surface area contributed by atoms with Gasteiger partial charge in [-0.3, -0.25) is 9.36 Å². The van der Waals surface area contributed by atoms with Crippen LogP contribution in [0.15, 0.2) is 109 Å². The third kappa shape index (κ3) is 54.9. The number of aliphatic hydroxyl groups is 1. The Morgan fingerprint density at radius 2 is 0.847 bits per heavy atom. The third-order valence-corrected chi connectivity index (χ3v) is 13.5. The quantitative estimate of drug-likeness (QED) is 0.0272. The van der Waals surface area contributed by atoms with E-state index in [1.54, 1.807) is 0 Å². The molecule has 0 bridgehead atoms. The SMILES string of the molecule is CC/C=C\C/C=C\C/C=C\C/C=C\C/C=C\C/C=C\C/C=C\C/C=C\C/C=C\CCCCCCCC(=O)NC(COP(=O)([O-])OCC[N+](C)(C)C)C(O)CCCCCCCCCCCCCCCCCCC. The van der Waals surface area contributed by atoms with E-state index in [-0.39, 0.29) is 19.1 Å². The molecule has 0 radical (unpaired) electrons. The van der Waals surface area contributed by atoms with Gasteiger partial charge in [-0.15, -0.1) is 0 Å². The van der Waals surface area contributed by atoms with Gasteiger partial charge in [0.1, 0.15) is 13.2 Å². The average Bonchev–Trinajstić information content (AvgIpc) is 3.34. The summed E-state index contributed by atoms with van der Waals surface area (Å²) in [5.74, 6) is -0.187. The number of hydrogen-bond acceptors (Lipinski definition) is 6. The van der Waals surface area contributed by atoms with E-state index in [0.29, 0.717) is 23.9 Å². The number of hydrogen-bond donors (Lipinski definition) is 2. The second-order valence-electron chi connectivity index (χ2n) is 20.6. The van der Waals surface area contributed by atoms with Crippen LogP contribution in [0.2, 0.25) is 0 Å². The molecule has 0 aliphatic carbocycles. The highest BCUT2D eigenvalue weighted by Gasteiger charge is 2.24. The van der Waals surface area contributed by atoms with Gasteiger partial charge in [0.25, 0.3) is 7.82 Å². The van der Waals surface area contributed by atoms with E-state index in [4.69, 9.17) is 9.05 Å². The third-order valence-electron chi connectivity index (χ3n) is 12.5. The summed E-state index contributed by atoms with van der Waals surface area (Å²) in [5.41, 5.74) is 0. The first-order valence-electron chi connectivity index (χ1n) is 29.2. The Balaban J connectivity index is 4.24. The van der Waals surface area contributed by atoms with Crippen molar-refractivity contribution in [2.75, 3.05) is 40.9 Å². The van der Waals surface area contributed by atoms with Crippen LogP contribution in [0, 0.1) is 0 Å². The van der Waals surface area contributed by atoms with Crippen LogP contribution in [0.4, 0.5) is 0 Å². The molecular weight excluding hydrogens is 912 g/mol. The number of nitrogens with zero attached hydrogens (tertiary/aromatic N) is 1. The zero-order chi connectivity index (χ0) is 52.7. The molecule has 0 aromatic heterocycles. The number of allylic oxidation sites excluding steroid dienone is 18. The number of phosphoric acid groups is 1. The topological polar surface area (TPSA) is 108 Å². The van der Waals surface area contributed by atoms with E-state index in [0.717, 1.165) is 116 Å². The van der Waals surface area contributed by atoms with Crippen LogP contribution in [0.3, 0.4) is 0 Å². The molecule has 0 aromatic carbocycles. The molecule has 72 heavy (non-hydrogen) atoms. The van der Waals surface area contributed by atoms with Crippen LogP contribution >= 0.6 is 7.82 Å². The first kappa shape index (κ1) is 69.2. The largest absolute Gasteiger partial charge is 0.756 e. The van der Waals surface area contributed by atoms with E-state index < -0.39 is 20.0 Å². The Morgan fingerprint density at radius 3 is 1.24 bits per heavy atom. The fourth-order valence-corrected chi connectivity index (χ4v) is 8.70. The number of quaternary nitrogens is 1. The summed E-state index contributed by atoms with van der Waals surface area (Å²) < 4.78 is 23.4. The lowest BCUT2D eigenvalue weighted by atomic mass is 10.0. The Bertz CT molecular complexity index is 1540. The van der Waals surface area contributed by atoms with Crippen molar-refractivity contribution < 1.29 is 32.9 Å². The molecule has 414 valence electrons. The molecule has 3 atom stereocenters. The standard InChI is InChI=1S/C63H111N2O6P/c1-6-8-10-12-14-16-18-20-22-24-25-26-27-28-29-30-31-32-33-34-35-36-37-38-39-41-43-45-47-49-51-53-55-57-63(67)64-61(60-71-72(68,69)70-59-58-65(3,4)5)62(66)56-54-52-50-48-46-44-42-40-23-21-19-17-15-13-11-9-7-2/h8,10,14,16,20,22,25-26,28-29,31-32,34-35,37-38,41,43,61-62,66H,6-7,9,11-13,15,17-19,21,23-24,27,30,33,36,39-40,42,44-60H2,1-5H3,(H-,64,67,68,69)/b10-8-,16-14-,22-20-,26-25-,29-28-,32-31-,35-34-,38-37-,43-41-. The fourth-order valence-electron chi connectivity index (χ4n) is 7.97. The van der Waals surface area contributed by atoms with Gasteiger partial charge in [-0.05, 0) is 83.5 Å². The average molecular weight is 1020 g/mol. The van der Waals surface area contributed by atoms with Crippen LogP contribution in [0.5, 0.6) is 0 Å². The number of nitrogens with one attached hydrogen (secondary N) is 1. The highest BCUT2D eigenvalue weighted by Crippen LogP contribution is 2.38. The second kappa shape index (κ2) is 53.0. The van der Waals surface area contributed by atoms with Crippen molar-refractivity contribution in [3.8, 4) is 0 Å². The summed E-state index contributed by atoms with van der Waals surface area (Å²) in [6.45, 7) is 4.59. The molecule has 2 N–H and O–H groups in total. The lowest BCUT2D eigenvalue weighted by molar-refractivity contribution is -0.870. The molecule has 0 aliphatic heterocycles. The minimum Gasteiger partial charge on any atom is -0.756 e. The highest BCUT2D eigenvalue weighted by atomic mass is 31.2. The fraction of sp³-hybridized carbons (Fsp3) is 0.698. The number of aliphatic hydroxyl groups excluding tert-OH is 1. The smallest absolute Gasteiger partial charge is 0.268 e. The summed E-state index contributed by atoms with van der Waals surface area (Å²) in [4.78, 5) is 25.5. The van der Waals surface area contributed by atoms with E-state index >= 15 is 0 Å². The van der Waals surface area contributed by atoms with Gasteiger partial charge in [0.05, 0.1) is 39.9 Å². The van der Waals surface area contributed by atoms with Crippen LogP contribution in [0.25, 0.3) is 0 Å². The Hall–Kier alpha value is -2.84. The number of rotatable bonds is 52. The maximum atomic E-state index is 13.0. The monoisotopic (exact) mass is 1020 g/mol. The molecule has 0 fully saturated rings. The van der Waals surface area contributed by atoms with Gasteiger partial charge in [-0.2, -0.15) is 0 Å². The second-order valence-corrected chi connectivity index (χ2v) is 22.0. The minimum atomic E-state index is -4.59. The number of carbonyl (C=O) groups excluding carboxylic acids is 1. The number of likely N-dealkylation sites (N-methyl/N-ethyl adjacent to an activating group) is 1. The first-order valence-corrected chi connectivity index (χ1v) is 30.7. The lowest BCUT2D eigenvalue weighted by Gasteiger charge is -2.30. The molecule has 9 heteroatoms. The van der Waals surface area contributed by atoms with E-state index in [1.807, 2.05) is 21.1 Å². The van der Waals surface area contributed by atoms with E-state index in [2.05, 4.69) is 129 Å². The summed E-state index contributed by atoms with van der Waals surface area (Å²) in [6, 6.07) is -0.819. The molecule has 1 amide bonds. The van der Waals surface area contributed by atoms with Crippen LogP contribution < -0.4 is 10.2 Å². The van der Waals surface area contributed by atoms with Crippen molar-refractivity contribution in [1.29, 1.82) is 0 Å². The Labute approximate surface area is 444 Å². The summed E-state index contributed by atoms with van der Waals surface area (Å²) in [5, 5.41) is 14.0. The molecular formula is C63H111N2O6P. The number of amides is 1. The zero-order valence-corrected chi connectivity index (χ0v) is 48.0. The van der Waals surface area contributed by atoms with Gasteiger partial charge >= 0.3 is 0 Å². The van der Waals surface area contributed by atoms with E-state index in [9.17, 15) is 19.4 Å². The van der Waals surface area contributed by atoms with Gasteiger partial charge in [-0.1, -0.05) is 252 Å². The molecule has 0 rings (SSSR count). The Morgan fingerprint density at radius 1 is 0.500 bits per heavy atom. The highest BCUT2D eigenvalue weighted by molar-refractivity contribution is 7.45. The van der Waals surface area contributed by atoms with Crippen molar-refractivity contribution >= 4 is 13.7 Å². The van der Waals surface area contributed by atoms with Gasteiger partial charge in [0.2, 0.25) is 5.91 Å². The number of carbonyl (C=O) groups is 1. The van der Waals surface area contributed by atoms with Crippen molar-refractivity contribution in [3.63, 3.8) is 0 Å². The Kier molecular flexibility index (Phi) is 50.9. The molecule has 0 saturated heterocycles. The maximum Gasteiger partial charge on any atom is 0.268 e. The molecule has 0 heterocycles. The van der Waals surface area contributed by atoms with Crippen molar-refractivity contribution in [2.45, 2.75) is 244 Å². The van der Waals surface area contributed by atoms with Gasteiger partial charge in [0, 0.05) is 6.42 Å². The van der Waals surface area contributed by atoms with Gasteiger partial charge in [0.15, 0.2) is 0 Å². The van der Waals surface area contributed by atoms with Gasteiger partial charge in [-0.25, -0.2) is 0 Å². The minimum absolute atomic E-state index is 0.00247. The first-order chi connectivity index (χ1) is 35.0. The molecule has 0 spiro atoms. The van der Waals surface area contributed by atoms with Gasteiger partial charge < -0.3 is 28.8 Å². The molecule has 0 saturated carbocycles.